The number of amides is 3. The lowest BCUT2D eigenvalue weighted by Crippen LogP contribution is -2.45. The highest BCUT2D eigenvalue weighted by Crippen LogP contribution is 2.23. The van der Waals surface area contributed by atoms with Gasteiger partial charge in [0.25, 0.3) is 5.91 Å². The molecule has 3 rings (SSSR count). The van der Waals surface area contributed by atoms with Crippen molar-refractivity contribution < 1.29 is 23.5 Å². The van der Waals surface area contributed by atoms with Crippen LogP contribution in [0.5, 0.6) is 5.75 Å². The highest BCUT2D eigenvalue weighted by molar-refractivity contribution is 9.10. The van der Waals surface area contributed by atoms with Gasteiger partial charge in [0.05, 0.1) is 30.9 Å². The summed E-state index contributed by atoms with van der Waals surface area (Å²) in [5.41, 5.74) is 5.08. The molecule has 0 aliphatic carbocycles. The fourth-order valence-electron chi connectivity index (χ4n) is 2.94. The van der Waals surface area contributed by atoms with Crippen molar-refractivity contribution in [2.24, 2.45) is 5.92 Å². The molecule has 2 heterocycles. The van der Waals surface area contributed by atoms with Crippen molar-refractivity contribution in [2.75, 3.05) is 13.2 Å². The van der Waals surface area contributed by atoms with Gasteiger partial charge in [-0.2, -0.15) is 0 Å². The van der Waals surface area contributed by atoms with Gasteiger partial charge < -0.3 is 14.1 Å². The average molecular weight is 450 g/mol. The first-order valence-corrected chi connectivity index (χ1v) is 9.60. The van der Waals surface area contributed by atoms with Crippen LogP contribution in [0.2, 0.25) is 0 Å². The maximum Gasteiger partial charge on any atom is 0.273 e. The predicted molar refractivity (Wildman–Crippen MR) is 103 cm³/mol. The Morgan fingerprint density at radius 3 is 2.86 bits per heavy atom. The number of halogens is 1. The summed E-state index contributed by atoms with van der Waals surface area (Å²) in [6, 6.07) is 8.56. The van der Waals surface area contributed by atoms with E-state index in [-0.39, 0.29) is 18.9 Å². The first-order chi connectivity index (χ1) is 13.5. The van der Waals surface area contributed by atoms with Crippen LogP contribution < -0.4 is 15.6 Å². The minimum atomic E-state index is -0.545. The first kappa shape index (κ1) is 19.9. The van der Waals surface area contributed by atoms with E-state index in [1.165, 1.54) is 6.26 Å². The van der Waals surface area contributed by atoms with Crippen LogP contribution in [-0.4, -0.2) is 35.8 Å². The normalized spacial score (nSPS) is 16.1. The molecule has 3 amide bonds. The molecule has 8 nitrogen and oxygen atoms in total. The molecule has 0 spiro atoms. The minimum Gasteiger partial charge on any atom is -0.493 e. The first-order valence-electron chi connectivity index (χ1n) is 8.80. The molecule has 28 heavy (non-hydrogen) atoms. The van der Waals surface area contributed by atoms with Gasteiger partial charge >= 0.3 is 0 Å². The molecule has 1 unspecified atom stereocenters. The number of nitrogens with zero attached hydrogens (tertiary/aromatic N) is 1. The summed E-state index contributed by atoms with van der Waals surface area (Å²) in [5.74, 6) is -0.532. The van der Waals surface area contributed by atoms with E-state index in [1.807, 2.05) is 6.92 Å². The van der Waals surface area contributed by atoms with Gasteiger partial charge in [-0.25, -0.2) is 0 Å². The van der Waals surface area contributed by atoms with Crippen LogP contribution in [0.1, 0.15) is 29.5 Å². The summed E-state index contributed by atoms with van der Waals surface area (Å²) in [7, 11) is 0. The zero-order valence-corrected chi connectivity index (χ0v) is 16.8. The van der Waals surface area contributed by atoms with E-state index in [2.05, 4.69) is 26.8 Å². The number of hydrogen-bond donors (Lipinski definition) is 2. The Balaban J connectivity index is 1.56. The Hall–Kier alpha value is -2.81. The molecular formula is C19H20BrN3O5. The van der Waals surface area contributed by atoms with Crippen LogP contribution in [-0.2, 0) is 16.1 Å². The van der Waals surface area contributed by atoms with Crippen molar-refractivity contribution in [3.63, 3.8) is 0 Å². The van der Waals surface area contributed by atoms with Crippen LogP contribution in [0, 0.1) is 5.92 Å². The molecule has 9 heteroatoms. The zero-order chi connectivity index (χ0) is 20.1. The van der Waals surface area contributed by atoms with Gasteiger partial charge in [0.1, 0.15) is 11.5 Å². The molecule has 148 valence electrons. The number of ether oxygens (including phenoxy) is 1. The minimum absolute atomic E-state index is 0.0868. The molecule has 1 aliphatic rings. The third-order valence-corrected chi connectivity index (χ3v) is 4.79. The number of nitrogens with one attached hydrogen (secondary N) is 2. The quantitative estimate of drug-likeness (QED) is 0.658. The Kier molecular flexibility index (Phi) is 6.35. The molecule has 0 radical (unpaired) electrons. The number of benzene rings is 1. The number of carbonyl (C=O) groups is 3. The largest absolute Gasteiger partial charge is 0.493 e. The van der Waals surface area contributed by atoms with Gasteiger partial charge in [-0.15, -0.1) is 0 Å². The van der Waals surface area contributed by atoms with Gasteiger partial charge in [0, 0.05) is 17.4 Å². The van der Waals surface area contributed by atoms with Gasteiger partial charge in [-0.05, 0) is 37.3 Å². The van der Waals surface area contributed by atoms with Crippen LogP contribution in [0.3, 0.4) is 0 Å². The number of furan rings is 1. The molecule has 2 aromatic rings. The standard InChI is InChI=1S/C19H20BrN3O5/c1-2-27-16-6-5-13(20)9-15(16)19(26)22-21-18(25)12-8-17(24)23(10-12)11-14-4-3-7-28-14/h3-7,9,12H,2,8,10-11H2,1H3,(H,21,25)(H,22,26). The van der Waals surface area contributed by atoms with E-state index >= 15 is 0 Å². The third kappa shape index (κ3) is 4.72. The number of likely N-dealkylation sites (tertiary alicyclic amines) is 1. The molecule has 1 atom stereocenters. The average Bonchev–Trinajstić information content (AvgIpc) is 3.31. The van der Waals surface area contributed by atoms with Gasteiger partial charge in [-0.1, -0.05) is 15.9 Å². The van der Waals surface area contributed by atoms with Crippen molar-refractivity contribution >= 4 is 33.7 Å². The van der Waals surface area contributed by atoms with Crippen LogP contribution in [0.25, 0.3) is 0 Å². The second kappa shape index (κ2) is 8.92. The number of hydrazine groups is 1. The highest BCUT2D eigenvalue weighted by atomic mass is 79.9. The van der Waals surface area contributed by atoms with Crippen molar-refractivity contribution in [2.45, 2.75) is 19.9 Å². The molecule has 1 fully saturated rings. The molecule has 1 saturated heterocycles. The van der Waals surface area contributed by atoms with E-state index in [0.29, 0.717) is 34.7 Å². The Morgan fingerprint density at radius 1 is 1.32 bits per heavy atom. The smallest absolute Gasteiger partial charge is 0.273 e. The summed E-state index contributed by atoms with van der Waals surface area (Å²) >= 11 is 3.31. The maximum absolute atomic E-state index is 12.4. The van der Waals surface area contributed by atoms with Crippen molar-refractivity contribution in [1.29, 1.82) is 0 Å². The second-order valence-corrected chi connectivity index (χ2v) is 7.19. The second-order valence-electron chi connectivity index (χ2n) is 6.27. The van der Waals surface area contributed by atoms with Gasteiger partial charge in [0.2, 0.25) is 11.8 Å². The Labute approximate surface area is 170 Å². The summed E-state index contributed by atoms with van der Waals surface area (Å²) in [6.07, 6.45) is 1.62. The number of carbonyl (C=O) groups excluding carboxylic acids is 3. The van der Waals surface area contributed by atoms with Gasteiger partial charge in [0.15, 0.2) is 0 Å². The maximum atomic E-state index is 12.4. The predicted octanol–water partition coefficient (Wildman–Crippen LogP) is 2.25. The molecule has 0 bridgehead atoms. The summed E-state index contributed by atoms with van der Waals surface area (Å²) < 4.78 is 11.4. The van der Waals surface area contributed by atoms with Crippen molar-refractivity contribution in [1.82, 2.24) is 15.8 Å². The summed E-state index contributed by atoms with van der Waals surface area (Å²) in [6.45, 7) is 2.81. The molecule has 1 aliphatic heterocycles. The van der Waals surface area contributed by atoms with E-state index in [4.69, 9.17) is 9.15 Å². The third-order valence-electron chi connectivity index (χ3n) is 4.30. The number of hydrogen-bond acceptors (Lipinski definition) is 5. The molecule has 1 aromatic carbocycles. The van der Waals surface area contributed by atoms with E-state index in [9.17, 15) is 14.4 Å². The molecule has 1 aromatic heterocycles. The lowest BCUT2D eigenvalue weighted by Gasteiger charge is -2.15. The number of rotatable bonds is 6. The lowest BCUT2D eigenvalue weighted by atomic mass is 10.1. The van der Waals surface area contributed by atoms with Crippen molar-refractivity contribution in [3.8, 4) is 5.75 Å². The van der Waals surface area contributed by atoms with E-state index in [1.54, 1.807) is 35.2 Å². The van der Waals surface area contributed by atoms with E-state index < -0.39 is 17.7 Å². The Morgan fingerprint density at radius 2 is 2.14 bits per heavy atom. The fraction of sp³-hybridized carbons (Fsp3) is 0.316. The van der Waals surface area contributed by atoms with Crippen LogP contribution in [0.4, 0.5) is 0 Å². The molecule has 0 saturated carbocycles. The summed E-state index contributed by atoms with van der Waals surface area (Å²) in [4.78, 5) is 38.5. The molecule has 2 N–H and O–H groups in total. The summed E-state index contributed by atoms with van der Waals surface area (Å²) in [5, 5.41) is 0. The topological polar surface area (TPSA) is 101 Å². The highest BCUT2D eigenvalue weighted by Gasteiger charge is 2.34. The van der Waals surface area contributed by atoms with E-state index in [0.717, 1.165) is 0 Å². The monoisotopic (exact) mass is 449 g/mol. The van der Waals surface area contributed by atoms with Gasteiger partial charge in [-0.3, -0.25) is 25.2 Å². The van der Waals surface area contributed by atoms with Crippen LogP contribution in [0.15, 0.2) is 45.5 Å². The molecular weight excluding hydrogens is 430 g/mol. The van der Waals surface area contributed by atoms with Crippen LogP contribution >= 0.6 is 15.9 Å². The Bertz CT molecular complexity index is 868. The van der Waals surface area contributed by atoms with Crippen molar-refractivity contribution in [3.05, 3.63) is 52.4 Å². The SMILES string of the molecule is CCOc1ccc(Br)cc1C(=O)NNC(=O)C1CC(=O)N(Cc2ccco2)C1. The lowest BCUT2D eigenvalue weighted by molar-refractivity contribution is -0.129. The zero-order valence-electron chi connectivity index (χ0n) is 15.2. The fourth-order valence-corrected chi connectivity index (χ4v) is 3.30.